The van der Waals surface area contributed by atoms with E-state index in [1.807, 2.05) is 54.7 Å². The van der Waals surface area contributed by atoms with Crippen LogP contribution in [-0.4, -0.2) is 48.4 Å². The van der Waals surface area contributed by atoms with E-state index in [4.69, 9.17) is 5.73 Å². The van der Waals surface area contributed by atoms with Gasteiger partial charge in [0.15, 0.2) is 4.34 Å². The number of amides is 2. The van der Waals surface area contributed by atoms with Gasteiger partial charge in [-0.25, -0.2) is 9.97 Å². The number of aryl methyl sites for hydroxylation is 1. The molecule has 2 aromatic carbocycles. The zero-order valence-corrected chi connectivity index (χ0v) is 20.8. The van der Waals surface area contributed by atoms with Crippen molar-refractivity contribution in [1.29, 1.82) is 0 Å². The van der Waals surface area contributed by atoms with Crippen LogP contribution in [0.4, 0.5) is 5.69 Å². The van der Waals surface area contributed by atoms with Gasteiger partial charge >= 0.3 is 0 Å². The summed E-state index contributed by atoms with van der Waals surface area (Å²) in [7, 11) is 0. The first-order valence-corrected chi connectivity index (χ1v) is 13.1. The van der Waals surface area contributed by atoms with Gasteiger partial charge in [0.1, 0.15) is 5.69 Å². The summed E-state index contributed by atoms with van der Waals surface area (Å²) >= 11 is 3.01. The normalized spacial score (nSPS) is 12.2. The maximum atomic E-state index is 12.6. The van der Waals surface area contributed by atoms with Gasteiger partial charge in [-0.2, -0.15) is 0 Å². The topological polar surface area (TPSA) is 128 Å². The molecule has 3 heterocycles. The van der Waals surface area contributed by atoms with Crippen LogP contribution >= 0.6 is 23.1 Å². The van der Waals surface area contributed by atoms with Crippen molar-refractivity contribution in [3.05, 3.63) is 72.9 Å². The highest BCUT2D eigenvalue weighted by Crippen LogP contribution is 2.29. The molecule has 1 atom stereocenters. The van der Waals surface area contributed by atoms with Gasteiger partial charge < -0.3 is 25.3 Å². The van der Waals surface area contributed by atoms with E-state index >= 15 is 0 Å². The van der Waals surface area contributed by atoms with Gasteiger partial charge in [0.05, 0.1) is 40.5 Å². The van der Waals surface area contributed by atoms with Crippen LogP contribution in [-0.2, 0) is 11.3 Å². The van der Waals surface area contributed by atoms with Gasteiger partial charge in [0, 0.05) is 24.6 Å². The molecule has 3 aromatic heterocycles. The van der Waals surface area contributed by atoms with Gasteiger partial charge in [0.2, 0.25) is 5.91 Å². The van der Waals surface area contributed by atoms with E-state index in [0.717, 1.165) is 31.1 Å². The molecule has 0 aliphatic carbocycles. The van der Waals surface area contributed by atoms with Crippen LogP contribution in [0.25, 0.3) is 21.1 Å². The van der Waals surface area contributed by atoms with E-state index < -0.39 is 5.91 Å². The molecule has 184 valence electrons. The fourth-order valence-electron chi connectivity index (χ4n) is 3.98. The minimum atomic E-state index is -0.602. The molecular weight excluding hydrogens is 496 g/mol. The number of primary amides is 1. The summed E-state index contributed by atoms with van der Waals surface area (Å²) in [6.07, 6.45) is 5.66. The molecule has 0 fully saturated rings. The number of nitrogens with two attached hydrogens (primary N) is 1. The summed E-state index contributed by atoms with van der Waals surface area (Å²) in [5.74, 6) is -0.424. The largest absolute Gasteiger partial charge is 0.394 e. The van der Waals surface area contributed by atoms with Crippen molar-refractivity contribution in [1.82, 2.24) is 19.1 Å². The standard InChI is InChI=1S/C25H24N6O3S2/c26-24(34)20-12-31(15-27-20)18(13-32)8-10-30-9-7-16-5-6-17(11-21(16)30)28-23(33)14-35-25-29-19-3-1-2-4-22(19)36-25/h1-7,9,11-12,15,18,32H,8,10,13-14H2,(H2,26,34)(H,28,33). The highest BCUT2D eigenvalue weighted by Gasteiger charge is 2.14. The minimum absolute atomic E-state index is 0.0950. The molecule has 0 saturated heterocycles. The predicted molar refractivity (Wildman–Crippen MR) is 142 cm³/mol. The maximum Gasteiger partial charge on any atom is 0.268 e. The molecule has 0 bridgehead atoms. The SMILES string of the molecule is NC(=O)c1cn(C(CO)CCn2ccc3ccc(NC(=O)CSc4nc5ccccc5s4)cc32)cn1. The van der Waals surface area contributed by atoms with E-state index in [1.165, 1.54) is 18.1 Å². The van der Waals surface area contributed by atoms with Gasteiger partial charge in [-0.3, -0.25) is 9.59 Å². The third-order valence-corrected chi connectivity index (χ3v) is 8.03. The molecule has 36 heavy (non-hydrogen) atoms. The molecule has 2 amide bonds. The highest BCUT2D eigenvalue weighted by molar-refractivity contribution is 8.01. The maximum absolute atomic E-state index is 12.6. The first-order chi connectivity index (χ1) is 17.5. The number of hydrogen-bond donors (Lipinski definition) is 3. The van der Waals surface area contributed by atoms with Crippen LogP contribution in [0.1, 0.15) is 23.0 Å². The van der Waals surface area contributed by atoms with Crippen molar-refractivity contribution in [2.75, 3.05) is 17.7 Å². The number of para-hydroxylation sites is 1. The molecule has 11 heteroatoms. The molecule has 0 saturated carbocycles. The Labute approximate surface area is 215 Å². The third-order valence-electron chi connectivity index (χ3n) is 5.85. The molecule has 0 aliphatic heterocycles. The van der Waals surface area contributed by atoms with Crippen LogP contribution in [0.15, 0.2) is 71.6 Å². The number of carbonyl (C=O) groups excluding carboxylic acids is 2. The Balaban J connectivity index is 1.22. The summed E-state index contributed by atoms with van der Waals surface area (Å²) in [5.41, 5.74) is 8.09. The predicted octanol–water partition coefficient (Wildman–Crippen LogP) is 3.90. The molecule has 5 rings (SSSR count). The number of thioether (sulfide) groups is 1. The quantitative estimate of drug-likeness (QED) is 0.240. The smallest absolute Gasteiger partial charge is 0.268 e. The Morgan fingerprint density at radius 3 is 2.83 bits per heavy atom. The fraction of sp³-hybridized carbons (Fsp3) is 0.200. The second-order valence-corrected chi connectivity index (χ2v) is 10.5. The minimum Gasteiger partial charge on any atom is -0.394 e. The van der Waals surface area contributed by atoms with E-state index in [0.29, 0.717) is 13.0 Å². The van der Waals surface area contributed by atoms with Crippen molar-refractivity contribution in [2.24, 2.45) is 5.73 Å². The van der Waals surface area contributed by atoms with Crippen LogP contribution in [0.2, 0.25) is 0 Å². The van der Waals surface area contributed by atoms with Crippen LogP contribution in [0, 0.1) is 0 Å². The lowest BCUT2D eigenvalue weighted by atomic mass is 10.2. The zero-order valence-electron chi connectivity index (χ0n) is 19.2. The van der Waals surface area contributed by atoms with E-state index in [1.54, 1.807) is 22.1 Å². The van der Waals surface area contributed by atoms with Crippen molar-refractivity contribution >= 4 is 61.7 Å². The second-order valence-electron chi connectivity index (χ2n) is 8.26. The summed E-state index contributed by atoms with van der Waals surface area (Å²) in [6, 6.07) is 15.5. The van der Waals surface area contributed by atoms with Gasteiger partial charge in [-0.15, -0.1) is 11.3 Å². The van der Waals surface area contributed by atoms with Crippen molar-refractivity contribution in [3.8, 4) is 0 Å². The van der Waals surface area contributed by atoms with E-state index in [2.05, 4.69) is 19.9 Å². The lowest BCUT2D eigenvalue weighted by molar-refractivity contribution is -0.113. The van der Waals surface area contributed by atoms with Crippen LogP contribution in [0.5, 0.6) is 0 Å². The summed E-state index contributed by atoms with van der Waals surface area (Å²) in [4.78, 5) is 32.5. The van der Waals surface area contributed by atoms with Gasteiger partial charge in [-0.05, 0) is 42.1 Å². The van der Waals surface area contributed by atoms with Crippen LogP contribution in [0.3, 0.4) is 0 Å². The zero-order chi connectivity index (χ0) is 25.1. The molecule has 4 N–H and O–H groups in total. The first kappa shape index (κ1) is 24.0. The number of aliphatic hydroxyl groups is 1. The number of carbonyl (C=O) groups is 2. The lowest BCUT2D eigenvalue weighted by Gasteiger charge is -2.16. The second kappa shape index (κ2) is 10.5. The summed E-state index contributed by atoms with van der Waals surface area (Å²) < 4.78 is 5.77. The summed E-state index contributed by atoms with van der Waals surface area (Å²) in [5, 5.41) is 13.9. The molecule has 0 aliphatic rings. The third kappa shape index (κ3) is 5.27. The van der Waals surface area contributed by atoms with Crippen molar-refractivity contribution in [3.63, 3.8) is 0 Å². The van der Waals surface area contributed by atoms with Gasteiger partial charge in [0.25, 0.3) is 5.91 Å². The molecule has 5 aromatic rings. The molecule has 9 nitrogen and oxygen atoms in total. The number of nitrogens with one attached hydrogen (secondary N) is 1. The number of rotatable bonds is 10. The Hall–Kier alpha value is -3.67. The molecule has 0 radical (unpaired) electrons. The Kier molecular flexibility index (Phi) is 7.03. The van der Waals surface area contributed by atoms with Crippen molar-refractivity contribution in [2.45, 2.75) is 23.3 Å². The number of thiazole rings is 1. The lowest BCUT2D eigenvalue weighted by Crippen LogP contribution is -2.15. The number of benzene rings is 2. The van der Waals surface area contributed by atoms with Gasteiger partial charge in [-0.1, -0.05) is 30.0 Å². The monoisotopic (exact) mass is 520 g/mol. The average molecular weight is 521 g/mol. The number of fused-ring (bicyclic) bond motifs is 2. The number of aromatic nitrogens is 4. The number of imidazole rings is 1. The number of nitrogens with zero attached hydrogens (tertiary/aromatic N) is 4. The fourth-order valence-corrected chi connectivity index (χ4v) is 5.85. The van der Waals surface area contributed by atoms with Crippen molar-refractivity contribution < 1.29 is 14.7 Å². The number of anilines is 1. The Morgan fingerprint density at radius 1 is 1.19 bits per heavy atom. The molecule has 0 spiro atoms. The van der Waals surface area contributed by atoms with E-state index in [9.17, 15) is 14.7 Å². The number of aliphatic hydroxyl groups excluding tert-OH is 1. The Morgan fingerprint density at radius 2 is 2.06 bits per heavy atom. The van der Waals surface area contributed by atoms with Crippen LogP contribution < -0.4 is 11.1 Å². The van der Waals surface area contributed by atoms with E-state index in [-0.39, 0.29) is 30.0 Å². The first-order valence-electron chi connectivity index (χ1n) is 11.3. The summed E-state index contributed by atoms with van der Waals surface area (Å²) in [6.45, 7) is 0.533. The number of hydrogen-bond acceptors (Lipinski definition) is 7. The molecular formula is C25H24N6O3S2. The average Bonchev–Trinajstić information content (AvgIpc) is 3.61. The molecule has 1 unspecified atom stereocenters. The highest BCUT2D eigenvalue weighted by atomic mass is 32.2. The Bertz CT molecular complexity index is 1510.